The highest BCUT2D eigenvalue weighted by molar-refractivity contribution is 5.74. The number of ether oxygens (including phenoxy) is 1. The van der Waals surface area contributed by atoms with Crippen LogP contribution < -0.4 is 0 Å². The van der Waals surface area contributed by atoms with E-state index in [2.05, 4.69) is 0 Å². The minimum Gasteiger partial charge on any atom is -0.481 e. The van der Waals surface area contributed by atoms with Gasteiger partial charge in [-0.05, 0) is 19.8 Å². The van der Waals surface area contributed by atoms with Crippen molar-refractivity contribution in [2.75, 3.05) is 13.2 Å². The highest BCUT2D eigenvalue weighted by atomic mass is 16.5. The molecule has 1 unspecified atom stereocenters. The molecule has 1 N–H and O–H groups in total. The van der Waals surface area contributed by atoms with E-state index in [0.29, 0.717) is 5.92 Å². The first-order valence-electron chi connectivity index (χ1n) is 4.89. The molecule has 0 radical (unpaired) electrons. The molecule has 0 bridgehead atoms. The minimum absolute atomic E-state index is 0.465. The van der Waals surface area contributed by atoms with Gasteiger partial charge < -0.3 is 9.84 Å². The van der Waals surface area contributed by atoms with Gasteiger partial charge in [0.15, 0.2) is 0 Å². The molecule has 0 aliphatic carbocycles. The van der Waals surface area contributed by atoms with Gasteiger partial charge in [0, 0.05) is 5.92 Å². The maximum atomic E-state index is 11.0. The number of carboxylic acid groups (broad SMARTS) is 1. The first kappa shape index (κ1) is 10.5. The molecule has 0 amide bonds. The quantitative estimate of drug-likeness (QED) is 0.713. The lowest BCUT2D eigenvalue weighted by Gasteiger charge is -2.33. The molecule has 0 aromatic heterocycles. The van der Waals surface area contributed by atoms with Crippen molar-refractivity contribution in [3.8, 4) is 0 Å². The molecule has 1 aliphatic rings. The lowest BCUT2D eigenvalue weighted by molar-refractivity contribution is -0.152. The van der Waals surface area contributed by atoms with Gasteiger partial charge in [0.2, 0.25) is 0 Å². The van der Waals surface area contributed by atoms with Crippen LogP contribution in [0.25, 0.3) is 0 Å². The molecule has 1 fully saturated rings. The fraction of sp³-hybridized carbons (Fsp3) is 0.900. The molecule has 1 aliphatic heterocycles. The Hall–Kier alpha value is -0.570. The van der Waals surface area contributed by atoms with Crippen LogP contribution in [0.5, 0.6) is 0 Å². The normalized spacial score (nSPS) is 22.0. The highest BCUT2D eigenvalue weighted by Gasteiger charge is 2.36. The highest BCUT2D eigenvalue weighted by Crippen LogP contribution is 2.34. The van der Waals surface area contributed by atoms with Crippen molar-refractivity contribution < 1.29 is 14.6 Å². The maximum absolute atomic E-state index is 11.0. The van der Waals surface area contributed by atoms with Crippen molar-refractivity contribution in [3.05, 3.63) is 0 Å². The van der Waals surface area contributed by atoms with Crippen LogP contribution in [0.2, 0.25) is 0 Å². The molecular weight excluding hydrogens is 168 g/mol. The van der Waals surface area contributed by atoms with E-state index in [-0.39, 0.29) is 0 Å². The molecule has 1 saturated heterocycles. The predicted octanol–water partition coefficient (Wildman–Crippen LogP) is 1.91. The summed E-state index contributed by atoms with van der Waals surface area (Å²) in [7, 11) is 0. The molecule has 76 valence electrons. The fourth-order valence-corrected chi connectivity index (χ4v) is 1.89. The smallest absolute Gasteiger partial charge is 0.309 e. The Labute approximate surface area is 79.1 Å². The molecule has 1 rings (SSSR count). The van der Waals surface area contributed by atoms with Crippen molar-refractivity contribution in [2.45, 2.75) is 33.1 Å². The molecule has 0 saturated carbocycles. The van der Waals surface area contributed by atoms with Crippen molar-refractivity contribution in [1.82, 2.24) is 0 Å². The first-order chi connectivity index (χ1) is 6.08. The standard InChI is InChI=1S/C10H18O3/c1-3-4-10(2,9(11)12)5-8-6-13-7-8/h8H,3-7H2,1-2H3,(H,11,12). The number of carboxylic acids is 1. The molecule has 3 heteroatoms. The van der Waals surface area contributed by atoms with Gasteiger partial charge in [-0.2, -0.15) is 0 Å². The lowest BCUT2D eigenvalue weighted by atomic mass is 9.77. The molecule has 0 aromatic rings. The van der Waals surface area contributed by atoms with Crippen LogP contribution in [0.3, 0.4) is 0 Å². The van der Waals surface area contributed by atoms with Crippen LogP contribution in [-0.4, -0.2) is 24.3 Å². The maximum Gasteiger partial charge on any atom is 0.309 e. The van der Waals surface area contributed by atoms with E-state index in [9.17, 15) is 4.79 Å². The van der Waals surface area contributed by atoms with Crippen molar-refractivity contribution in [1.29, 1.82) is 0 Å². The van der Waals surface area contributed by atoms with E-state index < -0.39 is 11.4 Å². The van der Waals surface area contributed by atoms with Gasteiger partial charge in [0.25, 0.3) is 0 Å². The number of hydrogen-bond acceptors (Lipinski definition) is 2. The summed E-state index contributed by atoms with van der Waals surface area (Å²) in [6.45, 7) is 5.36. The minimum atomic E-state index is -0.666. The van der Waals surface area contributed by atoms with Crippen molar-refractivity contribution in [3.63, 3.8) is 0 Å². The summed E-state index contributed by atoms with van der Waals surface area (Å²) in [5.41, 5.74) is -0.538. The zero-order valence-electron chi connectivity index (χ0n) is 8.38. The molecule has 1 heterocycles. The molecule has 3 nitrogen and oxygen atoms in total. The third-order valence-corrected chi connectivity index (χ3v) is 2.76. The van der Waals surface area contributed by atoms with Crippen molar-refractivity contribution >= 4 is 5.97 Å². The SMILES string of the molecule is CCCC(C)(CC1COC1)C(=O)O. The van der Waals surface area contributed by atoms with Gasteiger partial charge >= 0.3 is 5.97 Å². The summed E-state index contributed by atoms with van der Waals surface area (Å²) in [5, 5.41) is 9.09. The summed E-state index contributed by atoms with van der Waals surface area (Å²) >= 11 is 0. The second kappa shape index (κ2) is 4.09. The van der Waals surface area contributed by atoms with Gasteiger partial charge in [-0.25, -0.2) is 0 Å². The Bertz CT molecular complexity index is 187. The third-order valence-electron chi connectivity index (χ3n) is 2.76. The van der Waals surface area contributed by atoms with Crippen LogP contribution in [-0.2, 0) is 9.53 Å². The zero-order valence-corrected chi connectivity index (χ0v) is 8.38. The topological polar surface area (TPSA) is 46.5 Å². The van der Waals surface area contributed by atoms with E-state index in [1.807, 2.05) is 13.8 Å². The Morgan fingerprint density at radius 2 is 2.23 bits per heavy atom. The summed E-state index contributed by atoms with van der Waals surface area (Å²) in [5.74, 6) is -0.200. The number of aliphatic carboxylic acids is 1. The average molecular weight is 186 g/mol. The van der Waals surface area contributed by atoms with Crippen molar-refractivity contribution in [2.24, 2.45) is 11.3 Å². The van der Waals surface area contributed by atoms with Gasteiger partial charge in [0.05, 0.1) is 18.6 Å². The Morgan fingerprint density at radius 1 is 1.62 bits per heavy atom. The Balaban J connectivity index is 2.49. The number of carbonyl (C=O) groups is 1. The number of rotatable bonds is 5. The molecule has 1 atom stereocenters. The van der Waals surface area contributed by atoms with Gasteiger partial charge in [-0.15, -0.1) is 0 Å². The summed E-state index contributed by atoms with van der Waals surface area (Å²) < 4.78 is 5.05. The molecular formula is C10H18O3. The summed E-state index contributed by atoms with van der Waals surface area (Å²) in [4.78, 5) is 11.0. The van der Waals surface area contributed by atoms with E-state index >= 15 is 0 Å². The summed E-state index contributed by atoms with van der Waals surface area (Å²) in [6, 6.07) is 0. The average Bonchev–Trinajstić information content (AvgIpc) is 1.97. The van der Waals surface area contributed by atoms with E-state index in [4.69, 9.17) is 9.84 Å². The van der Waals surface area contributed by atoms with Crippen LogP contribution in [0.4, 0.5) is 0 Å². The van der Waals surface area contributed by atoms with Crippen LogP contribution in [0.15, 0.2) is 0 Å². The number of hydrogen-bond donors (Lipinski definition) is 1. The van der Waals surface area contributed by atoms with Gasteiger partial charge in [-0.1, -0.05) is 13.3 Å². The van der Waals surface area contributed by atoms with E-state index in [1.165, 1.54) is 0 Å². The second-order valence-electron chi connectivity index (χ2n) is 4.22. The van der Waals surface area contributed by atoms with Gasteiger partial charge in [0.1, 0.15) is 0 Å². The Kier molecular flexibility index (Phi) is 3.31. The van der Waals surface area contributed by atoms with E-state index in [0.717, 1.165) is 32.5 Å². The third kappa shape index (κ3) is 2.44. The first-order valence-corrected chi connectivity index (χ1v) is 4.89. The second-order valence-corrected chi connectivity index (χ2v) is 4.22. The van der Waals surface area contributed by atoms with Gasteiger partial charge in [-0.3, -0.25) is 4.79 Å². The molecule has 0 aromatic carbocycles. The summed E-state index contributed by atoms with van der Waals surface area (Å²) in [6.07, 6.45) is 2.45. The fourth-order valence-electron chi connectivity index (χ4n) is 1.89. The lowest BCUT2D eigenvalue weighted by Crippen LogP contribution is -2.37. The monoisotopic (exact) mass is 186 g/mol. The van der Waals surface area contributed by atoms with E-state index in [1.54, 1.807) is 0 Å². The Morgan fingerprint density at radius 3 is 2.54 bits per heavy atom. The van der Waals surface area contributed by atoms with Crippen LogP contribution >= 0.6 is 0 Å². The van der Waals surface area contributed by atoms with Crippen LogP contribution in [0, 0.1) is 11.3 Å². The molecule has 0 spiro atoms. The largest absolute Gasteiger partial charge is 0.481 e. The zero-order chi connectivity index (χ0) is 9.90. The molecule has 13 heavy (non-hydrogen) atoms. The predicted molar refractivity (Wildman–Crippen MR) is 49.6 cm³/mol. The van der Waals surface area contributed by atoms with Crippen LogP contribution in [0.1, 0.15) is 33.1 Å².